The highest BCUT2D eigenvalue weighted by Gasteiger charge is 2.70. The molecule has 9 nitrogen and oxygen atoms in total. The Morgan fingerprint density at radius 3 is 2.47 bits per heavy atom. The number of benzene rings is 2. The third kappa shape index (κ3) is 3.80. The van der Waals surface area contributed by atoms with Crippen molar-refractivity contribution in [1.29, 1.82) is 0 Å². The molecule has 2 aromatic carbocycles. The molecule has 1 fully saturated rings. The summed E-state index contributed by atoms with van der Waals surface area (Å²) in [7, 11) is -3.14. The van der Waals surface area contributed by atoms with Crippen LogP contribution in [0.4, 0.5) is 5.69 Å². The summed E-state index contributed by atoms with van der Waals surface area (Å²) in [5.74, 6) is -0.552. The highest BCUT2D eigenvalue weighted by Crippen LogP contribution is 2.48. The van der Waals surface area contributed by atoms with Crippen molar-refractivity contribution < 1.29 is 31.5 Å². The summed E-state index contributed by atoms with van der Waals surface area (Å²) >= 11 is 3.25. The molecule has 0 amide bonds. The van der Waals surface area contributed by atoms with E-state index in [0.29, 0.717) is 0 Å². The van der Waals surface area contributed by atoms with Crippen LogP contribution in [0.25, 0.3) is 0 Å². The molecule has 2 unspecified atom stereocenters. The number of carbonyl (C=O) groups is 1. The molecule has 0 aromatic heterocycles. The zero-order valence-electron chi connectivity index (χ0n) is 16.2. The summed E-state index contributed by atoms with van der Waals surface area (Å²) in [4.78, 5) is 21.9. The van der Waals surface area contributed by atoms with Crippen LogP contribution < -0.4 is 4.74 Å². The van der Waals surface area contributed by atoms with E-state index in [9.17, 15) is 23.3 Å². The molecule has 1 aliphatic heterocycles. The smallest absolute Gasteiger partial charge is 0.365 e. The predicted molar refractivity (Wildman–Crippen MR) is 110 cm³/mol. The van der Waals surface area contributed by atoms with Crippen molar-refractivity contribution in [3.63, 3.8) is 0 Å². The molecular formula is C19H20BrN2O7S+. The molecule has 3 atom stereocenters. The van der Waals surface area contributed by atoms with Crippen LogP contribution in [-0.4, -0.2) is 47.8 Å². The lowest BCUT2D eigenvalue weighted by Gasteiger charge is -2.23. The van der Waals surface area contributed by atoms with Gasteiger partial charge in [0.2, 0.25) is 4.95 Å². The number of hydrogen-bond acceptors (Lipinski definition) is 7. The predicted octanol–water partition coefficient (Wildman–Crippen LogP) is 2.98. The van der Waals surface area contributed by atoms with Crippen molar-refractivity contribution in [1.82, 2.24) is 0 Å². The molecule has 3 rings (SSSR count). The summed E-state index contributed by atoms with van der Waals surface area (Å²) in [6.07, 6.45) is 0. The number of esters is 1. The van der Waals surface area contributed by atoms with Gasteiger partial charge in [0.1, 0.15) is 12.4 Å². The van der Waals surface area contributed by atoms with Gasteiger partial charge in [0.05, 0.1) is 18.1 Å². The molecule has 0 spiro atoms. The van der Waals surface area contributed by atoms with E-state index in [-0.39, 0.29) is 18.9 Å². The van der Waals surface area contributed by atoms with Gasteiger partial charge in [0, 0.05) is 6.92 Å². The van der Waals surface area contributed by atoms with Gasteiger partial charge in [0.15, 0.2) is 17.5 Å². The fourth-order valence-corrected chi connectivity index (χ4v) is 7.10. The number of methoxy groups -OCH3 is 1. The Labute approximate surface area is 182 Å². The van der Waals surface area contributed by atoms with Crippen molar-refractivity contribution in [2.75, 3.05) is 13.7 Å². The van der Waals surface area contributed by atoms with Gasteiger partial charge in [-0.25, -0.2) is 4.79 Å². The Bertz CT molecular complexity index is 1080. The van der Waals surface area contributed by atoms with Crippen LogP contribution in [0.3, 0.4) is 0 Å². The van der Waals surface area contributed by atoms with Crippen molar-refractivity contribution >= 4 is 37.6 Å². The fraction of sp³-hybridized carbons (Fsp3) is 0.316. The molecule has 0 aliphatic carbocycles. The number of carbonyl (C=O) groups excluding carboxylic acids is 1. The van der Waals surface area contributed by atoms with Gasteiger partial charge in [-0.1, -0.05) is 30.3 Å². The van der Waals surface area contributed by atoms with E-state index in [1.165, 1.54) is 13.0 Å². The Kier molecular flexibility index (Phi) is 6.16. The number of rotatable bonds is 8. The molecule has 0 radical (unpaired) electrons. The molecular weight excluding hydrogens is 480 g/mol. The van der Waals surface area contributed by atoms with Gasteiger partial charge in [-0.2, -0.15) is 12.3 Å². The minimum Gasteiger partial charge on any atom is -0.489 e. The van der Waals surface area contributed by atoms with E-state index < -0.39 is 46.4 Å². The Hall–Kier alpha value is -2.50. The van der Waals surface area contributed by atoms with Crippen LogP contribution in [0.5, 0.6) is 5.75 Å². The lowest BCUT2D eigenvalue weighted by atomic mass is 10.2. The van der Waals surface area contributed by atoms with Crippen LogP contribution >= 0.6 is 15.9 Å². The molecule has 1 saturated heterocycles. The van der Waals surface area contributed by atoms with Crippen LogP contribution in [0.2, 0.25) is 0 Å². The first kappa shape index (κ1) is 22.2. The summed E-state index contributed by atoms with van der Waals surface area (Å²) in [6.45, 7) is 1.68. The minimum absolute atomic E-state index is 0.0853. The van der Waals surface area contributed by atoms with Gasteiger partial charge < -0.3 is 9.47 Å². The number of sulfonamides is 1. The summed E-state index contributed by atoms with van der Waals surface area (Å²) in [6, 6.07) is 11.8. The lowest BCUT2D eigenvalue weighted by molar-refractivity contribution is -0.687. The first-order valence-electron chi connectivity index (χ1n) is 8.95. The number of hydrogen-bond donors (Lipinski definition) is 0. The average molecular weight is 500 g/mol. The first-order valence-corrected chi connectivity index (χ1v) is 11.3. The fourth-order valence-electron chi connectivity index (χ4n) is 3.27. The Balaban J connectivity index is 1.97. The van der Waals surface area contributed by atoms with Gasteiger partial charge in [-0.05, 0) is 33.6 Å². The second-order valence-corrected chi connectivity index (χ2v) is 9.93. The number of quaternary nitrogens is 1. The van der Waals surface area contributed by atoms with E-state index in [4.69, 9.17) is 9.47 Å². The maximum absolute atomic E-state index is 13.4. The molecule has 0 saturated carbocycles. The molecule has 0 N–H and O–H groups in total. The number of halogens is 1. The normalized spacial score (nSPS) is 21.5. The van der Waals surface area contributed by atoms with E-state index >= 15 is 0 Å². The SMILES string of the molecule is COC(=O)[C@@H](C)[N+]1(S(=O)(=O)c2ccc(OCc3ccccc3)cc2[N+](=O)[O-])CC1Br. The Morgan fingerprint density at radius 2 is 1.93 bits per heavy atom. The van der Waals surface area contributed by atoms with Crippen molar-refractivity contribution in [2.45, 2.75) is 29.4 Å². The van der Waals surface area contributed by atoms with Crippen LogP contribution in [0.1, 0.15) is 12.5 Å². The van der Waals surface area contributed by atoms with Crippen molar-refractivity contribution in [3.05, 3.63) is 64.2 Å². The quantitative estimate of drug-likeness (QED) is 0.104. The standard InChI is InChI=1S/C19H20BrN2O7S/c1-13(19(23)28-2)22(11-18(22)20)30(26,27)17-9-8-15(10-16(17)21(24)25)29-12-14-6-4-3-5-7-14/h3-10,13,18H,11-12H2,1-2H3/q+1/t13-,18?,22?/m1/s1. The summed E-state index contributed by atoms with van der Waals surface area (Å²) < 4.78 is 36.4. The maximum Gasteiger partial charge on any atom is 0.365 e. The molecule has 0 bridgehead atoms. The molecule has 1 heterocycles. The molecule has 11 heteroatoms. The van der Waals surface area contributed by atoms with Crippen LogP contribution in [-0.2, 0) is 26.2 Å². The second-order valence-electron chi connectivity index (χ2n) is 6.81. The summed E-state index contributed by atoms with van der Waals surface area (Å²) in [5.41, 5.74) is 0.251. The molecule has 30 heavy (non-hydrogen) atoms. The number of nitro benzene ring substituents is 1. The number of alkyl halides is 1. The van der Waals surface area contributed by atoms with Crippen LogP contribution in [0.15, 0.2) is 53.4 Å². The number of nitro groups is 1. The van der Waals surface area contributed by atoms with E-state index in [0.717, 1.165) is 24.8 Å². The van der Waals surface area contributed by atoms with Gasteiger partial charge >= 0.3 is 16.0 Å². The van der Waals surface area contributed by atoms with Crippen molar-refractivity contribution in [3.8, 4) is 5.75 Å². The molecule has 1 aliphatic rings. The number of nitrogens with zero attached hydrogens (tertiary/aromatic N) is 2. The lowest BCUT2D eigenvalue weighted by Crippen LogP contribution is -2.47. The van der Waals surface area contributed by atoms with Gasteiger partial charge in [-0.15, -0.1) is 0 Å². The minimum atomic E-state index is -4.30. The van der Waals surface area contributed by atoms with Gasteiger partial charge in [0.25, 0.3) is 5.69 Å². The molecule has 160 valence electrons. The summed E-state index contributed by atoms with van der Waals surface area (Å²) in [5, 5.41) is 11.7. The zero-order valence-corrected chi connectivity index (χ0v) is 18.6. The highest BCUT2D eigenvalue weighted by atomic mass is 79.9. The topological polar surface area (TPSA) is 113 Å². The van der Waals surface area contributed by atoms with Crippen LogP contribution in [0, 0.1) is 10.1 Å². The van der Waals surface area contributed by atoms with Gasteiger partial charge in [-0.3, -0.25) is 10.1 Å². The number of ether oxygens (including phenoxy) is 2. The van der Waals surface area contributed by atoms with Crippen molar-refractivity contribution in [2.24, 2.45) is 0 Å². The monoisotopic (exact) mass is 499 g/mol. The van der Waals surface area contributed by atoms with E-state index in [2.05, 4.69) is 15.9 Å². The maximum atomic E-state index is 13.4. The average Bonchev–Trinajstić information content (AvgIpc) is 3.44. The van der Waals surface area contributed by atoms with E-state index in [1.54, 1.807) is 0 Å². The molecule has 2 aromatic rings. The van der Waals surface area contributed by atoms with E-state index in [1.807, 2.05) is 30.3 Å². The highest BCUT2D eigenvalue weighted by molar-refractivity contribution is 9.09. The largest absolute Gasteiger partial charge is 0.489 e. The third-order valence-electron chi connectivity index (χ3n) is 5.08. The first-order chi connectivity index (χ1) is 14.1. The third-order valence-corrected chi connectivity index (χ3v) is 8.88. The zero-order chi connectivity index (χ0) is 22.1. The Morgan fingerprint density at radius 1 is 1.30 bits per heavy atom. The second kappa shape index (κ2) is 8.32.